The van der Waals surface area contributed by atoms with Crippen LogP contribution in [0, 0.1) is 13.8 Å². The van der Waals surface area contributed by atoms with Crippen LogP contribution in [0.4, 0.5) is 0 Å². The number of benzene rings is 1. The summed E-state index contributed by atoms with van der Waals surface area (Å²) in [5.74, 6) is 0. The average molecular weight is 322 g/mol. The zero-order valence-corrected chi connectivity index (χ0v) is 13.5. The monoisotopic (exact) mass is 321 g/mol. The van der Waals surface area contributed by atoms with Gasteiger partial charge in [-0.15, -0.1) is 0 Å². The number of rotatable bonds is 3. The van der Waals surface area contributed by atoms with E-state index in [1.807, 2.05) is 11.6 Å². The van der Waals surface area contributed by atoms with Gasteiger partial charge in [-0.25, -0.2) is 4.68 Å². The maximum absolute atomic E-state index is 5.91. The van der Waals surface area contributed by atoms with Crippen LogP contribution in [0.1, 0.15) is 42.4 Å². The van der Waals surface area contributed by atoms with Gasteiger partial charge in [0.15, 0.2) is 0 Å². The summed E-state index contributed by atoms with van der Waals surface area (Å²) < 4.78 is 3.03. The summed E-state index contributed by atoms with van der Waals surface area (Å²) in [7, 11) is 0. The van der Waals surface area contributed by atoms with Gasteiger partial charge < -0.3 is 5.73 Å². The van der Waals surface area contributed by atoms with Crippen LogP contribution in [0.5, 0.6) is 0 Å². The van der Waals surface area contributed by atoms with Gasteiger partial charge in [-0.1, -0.05) is 13.0 Å². The Balaban J connectivity index is 2.54. The van der Waals surface area contributed by atoms with Gasteiger partial charge in [0.05, 0.1) is 11.4 Å². The summed E-state index contributed by atoms with van der Waals surface area (Å²) in [6.07, 6.45) is 1.01. The summed E-state index contributed by atoms with van der Waals surface area (Å²) in [6.45, 7) is 8.33. The lowest BCUT2D eigenvalue weighted by Crippen LogP contribution is -2.06. The molecule has 0 radical (unpaired) electrons. The van der Waals surface area contributed by atoms with Gasteiger partial charge in [-0.05, 0) is 66.4 Å². The number of aryl methyl sites for hydroxylation is 1. The molecule has 0 bridgehead atoms. The van der Waals surface area contributed by atoms with Gasteiger partial charge in [0.25, 0.3) is 0 Å². The molecule has 0 saturated heterocycles. The van der Waals surface area contributed by atoms with Crippen LogP contribution in [0.25, 0.3) is 5.69 Å². The van der Waals surface area contributed by atoms with Crippen LogP contribution in [-0.4, -0.2) is 9.78 Å². The molecule has 0 spiro atoms. The lowest BCUT2D eigenvalue weighted by atomic mass is 10.1. The van der Waals surface area contributed by atoms with Crippen LogP contribution in [0.15, 0.2) is 22.7 Å². The molecule has 0 aliphatic carbocycles. The molecule has 0 amide bonds. The number of hydrogen-bond donors (Lipinski definition) is 1. The quantitative estimate of drug-likeness (QED) is 0.933. The first-order valence-electron chi connectivity index (χ1n) is 6.56. The van der Waals surface area contributed by atoms with Gasteiger partial charge in [-0.3, -0.25) is 0 Å². The Morgan fingerprint density at radius 2 is 2.05 bits per heavy atom. The van der Waals surface area contributed by atoms with Crippen LogP contribution in [-0.2, 0) is 6.42 Å². The highest BCUT2D eigenvalue weighted by molar-refractivity contribution is 9.10. The van der Waals surface area contributed by atoms with E-state index in [1.165, 1.54) is 11.3 Å². The summed E-state index contributed by atoms with van der Waals surface area (Å²) in [4.78, 5) is 0. The second-order valence-corrected chi connectivity index (χ2v) is 5.77. The maximum Gasteiger partial charge on any atom is 0.0791 e. The highest BCUT2D eigenvalue weighted by Gasteiger charge is 2.13. The minimum atomic E-state index is 0.0389. The minimum Gasteiger partial charge on any atom is -0.324 e. The Hall–Kier alpha value is -1.13. The Labute approximate surface area is 122 Å². The normalized spacial score (nSPS) is 12.7. The van der Waals surface area contributed by atoms with Gasteiger partial charge in [0.1, 0.15) is 0 Å². The third-order valence-electron chi connectivity index (χ3n) is 3.52. The number of aromatic nitrogens is 2. The highest BCUT2D eigenvalue weighted by Crippen LogP contribution is 2.27. The molecular formula is C15H20BrN3. The van der Waals surface area contributed by atoms with E-state index in [1.54, 1.807) is 0 Å². The Morgan fingerprint density at radius 3 is 2.53 bits per heavy atom. The van der Waals surface area contributed by atoms with E-state index in [4.69, 9.17) is 5.73 Å². The van der Waals surface area contributed by atoms with Crippen molar-refractivity contribution in [1.29, 1.82) is 0 Å². The van der Waals surface area contributed by atoms with Crippen LogP contribution in [0.2, 0.25) is 0 Å². The standard InChI is InChI=1S/C15H20BrN3/c1-5-13-10(3)18-19(11(13)4)15-7-6-12(9(2)17)8-14(15)16/h6-9H,5,17H2,1-4H3. The molecule has 1 unspecified atom stereocenters. The lowest BCUT2D eigenvalue weighted by Gasteiger charge is -2.11. The van der Waals surface area contributed by atoms with E-state index >= 15 is 0 Å². The Bertz CT molecular complexity index is 600. The predicted octanol–water partition coefficient (Wildman–Crippen LogP) is 3.83. The Kier molecular flexibility index (Phi) is 4.11. The molecular weight excluding hydrogens is 302 g/mol. The number of hydrogen-bond acceptors (Lipinski definition) is 2. The lowest BCUT2D eigenvalue weighted by molar-refractivity contribution is 0.804. The van der Waals surface area contributed by atoms with Crippen molar-refractivity contribution in [3.05, 3.63) is 45.2 Å². The molecule has 0 fully saturated rings. The largest absolute Gasteiger partial charge is 0.324 e. The molecule has 19 heavy (non-hydrogen) atoms. The molecule has 0 aliphatic rings. The summed E-state index contributed by atoms with van der Waals surface area (Å²) in [5, 5.41) is 4.64. The number of halogens is 1. The van der Waals surface area contributed by atoms with Crippen molar-refractivity contribution in [2.24, 2.45) is 5.73 Å². The minimum absolute atomic E-state index is 0.0389. The predicted molar refractivity (Wildman–Crippen MR) is 82.7 cm³/mol. The molecule has 1 aromatic heterocycles. The van der Waals surface area contributed by atoms with E-state index in [0.717, 1.165) is 27.8 Å². The molecule has 102 valence electrons. The number of nitrogens with two attached hydrogens (primary N) is 1. The summed E-state index contributed by atoms with van der Waals surface area (Å²) in [5.41, 5.74) is 11.7. The van der Waals surface area contributed by atoms with Gasteiger partial charge in [0.2, 0.25) is 0 Å². The molecule has 2 rings (SSSR count). The van der Waals surface area contributed by atoms with Crippen molar-refractivity contribution in [3.8, 4) is 5.69 Å². The van der Waals surface area contributed by atoms with Crippen molar-refractivity contribution < 1.29 is 0 Å². The molecule has 4 heteroatoms. The molecule has 0 aliphatic heterocycles. The average Bonchev–Trinajstić information content (AvgIpc) is 2.64. The smallest absolute Gasteiger partial charge is 0.0791 e. The molecule has 3 nitrogen and oxygen atoms in total. The highest BCUT2D eigenvalue weighted by atomic mass is 79.9. The topological polar surface area (TPSA) is 43.8 Å². The molecule has 2 aromatic rings. The zero-order chi connectivity index (χ0) is 14.2. The number of nitrogens with zero attached hydrogens (tertiary/aromatic N) is 2. The Morgan fingerprint density at radius 1 is 1.37 bits per heavy atom. The van der Waals surface area contributed by atoms with E-state index in [-0.39, 0.29) is 6.04 Å². The van der Waals surface area contributed by atoms with Gasteiger partial charge >= 0.3 is 0 Å². The van der Waals surface area contributed by atoms with Gasteiger partial charge in [-0.2, -0.15) is 5.10 Å². The molecule has 0 saturated carbocycles. The first-order chi connectivity index (χ1) is 8.95. The van der Waals surface area contributed by atoms with E-state index in [9.17, 15) is 0 Å². The second kappa shape index (κ2) is 5.47. The molecule has 1 heterocycles. The van der Waals surface area contributed by atoms with Crippen molar-refractivity contribution >= 4 is 15.9 Å². The maximum atomic E-state index is 5.91. The van der Waals surface area contributed by atoms with Crippen molar-refractivity contribution in [2.75, 3.05) is 0 Å². The summed E-state index contributed by atoms with van der Waals surface area (Å²) in [6, 6.07) is 6.24. The fraction of sp³-hybridized carbons (Fsp3) is 0.400. The van der Waals surface area contributed by atoms with Crippen LogP contribution < -0.4 is 5.73 Å². The fourth-order valence-corrected chi connectivity index (χ4v) is 2.96. The SMILES string of the molecule is CCc1c(C)nn(-c2ccc(C(C)N)cc2Br)c1C. The third kappa shape index (κ3) is 2.60. The van der Waals surface area contributed by atoms with Gasteiger partial charge in [0, 0.05) is 16.2 Å². The first kappa shape index (κ1) is 14.3. The van der Waals surface area contributed by atoms with E-state index < -0.39 is 0 Å². The van der Waals surface area contributed by atoms with Crippen LogP contribution in [0.3, 0.4) is 0 Å². The van der Waals surface area contributed by atoms with Crippen LogP contribution >= 0.6 is 15.9 Å². The fourth-order valence-electron chi connectivity index (χ4n) is 2.40. The first-order valence-corrected chi connectivity index (χ1v) is 7.35. The second-order valence-electron chi connectivity index (χ2n) is 4.91. The van der Waals surface area contributed by atoms with Crippen molar-refractivity contribution in [3.63, 3.8) is 0 Å². The zero-order valence-electron chi connectivity index (χ0n) is 11.9. The summed E-state index contributed by atoms with van der Waals surface area (Å²) >= 11 is 3.63. The third-order valence-corrected chi connectivity index (χ3v) is 4.16. The molecule has 1 aromatic carbocycles. The molecule has 2 N–H and O–H groups in total. The molecule has 1 atom stereocenters. The van der Waals surface area contributed by atoms with E-state index in [0.29, 0.717) is 0 Å². The van der Waals surface area contributed by atoms with Crippen molar-refractivity contribution in [2.45, 2.75) is 40.2 Å². The van der Waals surface area contributed by atoms with Crippen molar-refractivity contribution in [1.82, 2.24) is 9.78 Å². The van der Waals surface area contributed by atoms with E-state index in [2.05, 4.69) is 60.0 Å².